The Morgan fingerprint density at radius 2 is 2.07 bits per heavy atom. The van der Waals surface area contributed by atoms with Gasteiger partial charge in [0, 0.05) is 45.0 Å². The summed E-state index contributed by atoms with van der Waals surface area (Å²) in [7, 11) is 3.25. The number of aliphatic hydroxyl groups is 1. The Labute approximate surface area is 167 Å². The summed E-state index contributed by atoms with van der Waals surface area (Å²) in [5.41, 5.74) is 0.914. The van der Waals surface area contributed by atoms with Gasteiger partial charge in [0.2, 0.25) is 5.95 Å². The minimum Gasteiger partial charge on any atom is -0.497 e. The number of aryl methyl sites for hydroxylation is 1. The van der Waals surface area contributed by atoms with E-state index < -0.39 is 5.69 Å². The zero-order chi connectivity index (χ0) is 20.7. The van der Waals surface area contributed by atoms with Gasteiger partial charge < -0.3 is 19.3 Å². The van der Waals surface area contributed by atoms with Crippen LogP contribution in [0.5, 0.6) is 5.75 Å². The average Bonchev–Trinajstić information content (AvgIpc) is 3.11. The van der Waals surface area contributed by atoms with Gasteiger partial charge in [-0.1, -0.05) is 13.0 Å². The quantitative estimate of drug-likeness (QED) is 0.690. The van der Waals surface area contributed by atoms with E-state index in [-0.39, 0.29) is 24.6 Å². The van der Waals surface area contributed by atoms with Gasteiger partial charge in [0.1, 0.15) is 5.75 Å². The molecule has 1 atom stereocenters. The van der Waals surface area contributed by atoms with Crippen LogP contribution in [0.15, 0.2) is 33.9 Å². The van der Waals surface area contributed by atoms with Gasteiger partial charge in [0.25, 0.3) is 5.56 Å². The number of hydrogen-bond donors (Lipinski definition) is 1. The molecule has 9 heteroatoms. The van der Waals surface area contributed by atoms with Crippen LogP contribution in [0.3, 0.4) is 0 Å². The van der Waals surface area contributed by atoms with Gasteiger partial charge in [-0.2, -0.15) is 4.98 Å². The molecule has 0 bridgehead atoms. The molecule has 0 amide bonds. The number of anilines is 2. The molecule has 0 fully saturated rings. The Bertz CT molecular complexity index is 1180. The number of imidazole rings is 1. The molecule has 4 rings (SSSR count). The van der Waals surface area contributed by atoms with Crippen molar-refractivity contribution >= 4 is 22.8 Å². The topological polar surface area (TPSA) is 94.5 Å². The smallest absolute Gasteiger partial charge is 0.332 e. The number of ether oxygens (including phenoxy) is 1. The SMILES string of the molecule is COc1cccc(N2CC(C)Cn3c2nc2c3c(=O)n(CCCO)c(=O)n2C)c1. The van der Waals surface area contributed by atoms with E-state index in [0.717, 1.165) is 18.0 Å². The van der Waals surface area contributed by atoms with Crippen LogP contribution in [0.2, 0.25) is 0 Å². The summed E-state index contributed by atoms with van der Waals surface area (Å²) in [5.74, 6) is 1.65. The Kier molecular flexibility index (Phi) is 4.91. The van der Waals surface area contributed by atoms with E-state index in [1.807, 2.05) is 28.8 Å². The Morgan fingerprint density at radius 3 is 2.79 bits per heavy atom. The van der Waals surface area contributed by atoms with Crippen LogP contribution in [0, 0.1) is 5.92 Å². The number of methoxy groups -OCH3 is 1. The van der Waals surface area contributed by atoms with Crippen molar-refractivity contribution in [3.05, 3.63) is 45.1 Å². The number of rotatable bonds is 5. The Hall–Kier alpha value is -3.07. The van der Waals surface area contributed by atoms with Crippen LogP contribution < -0.4 is 20.9 Å². The highest BCUT2D eigenvalue weighted by Gasteiger charge is 2.29. The van der Waals surface area contributed by atoms with Gasteiger partial charge in [-0.05, 0) is 24.5 Å². The van der Waals surface area contributed by atoms with Crippen molar-refractivity contribution in [3.63, 3.8) is 0 Å². The first-order valence-corrected chi connectivity index (χ1v) is 9.68. The third-order valence-electron chi connectivity index (χ3n) is 5.35. The molecule has 1 aromatic carbocycles. The van der Waals surface area contributed by atoms with Crippen LogP contribution in [-0.2, 0) is 20.1 Å². The van der Waals surface area contributed by atoms with E-state index in [4.69, 9.17) is 14.8 Å². The first-order chi connectivity index (χ1) is 14.0. The number of nitrogens with zero attached hydrogens (tertiary/aromatic N) is 5. The monoisotopic (exact) mass is 399 g/mol. The van der Waals surface area contributed by atoms with Crippen molar-refractivity contribution in [3.8, 4) is 5.75 Å². The number of aromatic nitrogens is 4. The number of benzene rings is 1. The van der Waals surface area contributed by atoms with Crippen LogP contribution in [0.4, 0.5) is 11.6 Å². The molecular formula is C20H25N5O4. The Morgan fingerprint density at radius 1 is 1.28 bits per heavy atom. The zero-order valence-corrected chi connectivity index (χ0v) is 16.8. The fraction of sp³-hybridized carbons (Fsp3) is 0.450. The maximum atomic E-state index is 13.2. The van der Waals surface area contributed by atoms with Gasteiger partial charge in [-0.3, -0.25) is 13.9 Å². The fourth-order valence-electron chi connectivity index (χ4n) is 3.93. The minimum absolute atomic E-state index is 0.0845. The highest BCUT2D eigenvalue weighted by molar-refractivity contribution is 5.77. The van der Waals surface area contributed by atoms with Crippen molar-refractivity contribution in [2.45, 2.75) is 26.4 Å². The Balaban J connectivity index is 1.96. The lowest BCUT2D eigenvalue weighted by molar-refractivity contribution is 0.277. The number of hydrogen-bond acceptors (Lipinski definition) is 6. The van der Waals surface area contributed by atoms with E-state index in [2.05, 4.69) is 11.8 Å². The molecule has 1 aliphatic rings. The predicted molar refractivity (Wildman–Crippen MR) is 110 cm³/mol. The van der Waals surface area contributed by atoms with Gasteiger partial charge in [0.05, 0.1) is 7.11 Å². The summed E-state index contributed by atoms with van der Waals surface area (Å²) < 4.78 is 9.85. The van der Waals surface area contributed by atoms with Crippen LogP contribution in [0.1, 0.15) is 13.3 Å². The third kappa shape index (κ3) is 3.11. The third-order valence-corrected chi connectivity index (χ3v) is 5.35. The lowest BCUT2D eigenvalue weighted by Gasteiger charge is -2.33. The van der Waals surface area contributed by atoms with Gasteiger partial charge >= 0.3 is 5.69 Å². The molecule has 9 nitrogen and oxygen atoms in total. The fourth-order valence-corrected chi connectivity index (χ4v) is 3.93. The van der Waals surface area contributed by atoms with Crippen LogP contribution in [0.25, 0.3) is 11.2 Å². The first kappa shape index (κ1) is 19.3. The van der Waals surface area contributed by atoms with E-state index in [1.54, 1.807) is 14.2 Å². The molecule has 3 aromatic rings. The summed E-state index contributed by atoms with van der Waals surface area (Å²) in [6.45, 7) is 3.59. The zero-order valence-electron chi connectivity index (χ0n) is 16.8. The van der Waals surface area contributed by atoms with E-state index >= 15 is 0 Å². The number of fused-ring (bicyclic) bond motifs is 3. The molecule has 0 radical (unpaired) electrons. The van der Waals surface area contributed by atoms with Gasteiger partial charge in [-0.15, -0.1) is 0 Å². The van der Waals surface area contributed by atoms with Gasteiger partial charge in [-0.25, -0.2) is 4.79 Å². The maximum absolute atomic E-state index is 13.2. The summed E-state index contributed by atoms with van der Waals surface area (Å²) >= 11 is 0. The van der Waals surface area contributed by atoms with Crippen molar-refractivity contribution < 1.29 is 9.84 Å². The van der Waals surface area contributed by atoms with Crippen LogP contribution >= 0.6 is 0 Å². The summed E-state index contributed by atoms with van der Waals surface area (Å²) in [4.78, 5) is 32.6. The molecular weight excluding hydrogens is 374 g/mol. The molecule has 1 aliphatic heterocycles. The number of aliphatic hydroxyl groups excluding tert-OH is 1. The second kappa shape index (κ2) is 7.40. The molecule has 0 spiro atoms. The highest BCUT2D eigenvalue weighted by Crippen LogP contribution is 2.34. The second-order valence-electron chi connectivity index (χ2n) is 7.49. The van der Waals surface area contributed by atoms with E-state index in [1.165, 1.54) is 9.13 Å². The predicted octanol–water partition coefficient (Wildman–Crippen LogP) is 1.08. The molecule has 0 saturated carbocycles. The minimum atomic E-state index is -0.424. The molecule has 0 aliphatic carbocycles. The average molecular weight is 399 g/mol. The van der Waals surface area contributed by atoms with Crippen molar-refractivity contribution in [1.29, 1.82) is 0 Å². The van der Waals surface area contributed by atoms with Crippen molar-refractivity contribution in [2.75, 3.05) is 25.2 Å². The lowest BCUT2D eigenvalue weighted by Crippen LogP contribution is -2.40. The van der Waals surface area contributed by atoms with E-state index in [0.29, 0.717) is 30.1 Å². The largest absolute Gasteiger partial charge is 0.497 e. The highest BCUT2D eigenvalue weighted by atomic mass is 16.5. The molecule has 0 saturated heterocycles. The normalized spacial score (nSPS) is 16.3. The van der Waals surface area contributed by atoms with Crippen LogP contribution in [-0.4, -0.2) is 44.1 Å². The standard InChI is InChI=1S/C20H25N5O4/c1-13-11-24(14-6-4-7-15(10-14)29-3)19-21-17-16(25(19)12-13)18(27)23(8-5-9-26)20(28)22(17)2/h4,6-7,10,13,26H,5,8-9,11-12H2,1-3H3. The van der Waals surface area contributed by atoms with E-state index in [9.17, 15) is 9.59 Å². The maximum Gasteiger partial charge on any atom is 0.332 e. The summed E-state index contributed by atoms with van der Waals surface area (Å²) in [6, 6.07) is 7.70. The van der Waals surface area contributed by atoms with Crippen molar-refractivity contribution in [1.82, 2.24) is 18.7 Å². The lowest BCUT2D eigenvalue weighted by atomic mass is 10.1. The molecule has 3 heterocycles. The summed E-state index contributed by atoms with van der Waals surface area (Å²) in [5, 5.41) is 9.12. The molecule has 29 heavy (non-hydrogen) atoms. The molecule has 2 aromatic heterocycles. The van der Waals surface area contributed by atoms with Crippen molar-refractivity contribution in [2.24, 2.45) is 13.0 Å². The molecule has 1 N–H and O–H groups in total. The molecule has 1 unspecified atom stereocenters. The summed E-state index contributed by atoms with van der Waals surface area (Å²) in [6.07, 6.45) is 0.341. The first-order valence-electron chi connectivity index (χ1n) is 9.68. The second-order valence-corrected chi connectivity index (χ2v) is 7.49. The van der Waals surface area contributed by atoms with Gasteiger partial charge in [0.15, 0.2) is 11.2 Å². The molecule has 154 valence electrons.